The number of carbonyl (C=O) groups excluding carboxylic acids is 2. The average Bonchev–Trinajstić information content (AvgIpc) is 3.29. The van der Waals surface area contributed by atoms with Crippen LogP contribution in [0.1, 0.15) is 284 Å². The molecule has 0 aromatic carbocycles. The van der Waals surface area contributed by atoms with Gasteiger partial charge in [-0.1, -0.05) is 229 Å². The molecular formula is C58H107NO5. The zero-order valence-electron chi connectivity index (χ0n) is 42.5. The van der Waals surface area contributed by atoms with Crippen molar-refractivity contribution in [1.29, 1.82) is 0 Å². The van der Waals surface area contributed by atoms with Crippen molar-refractivity contribution in [1.82, 2.24) is 5.32 Å². The van der Waals surface area contributed by atoms with Gasteiger partial charge in [0.2, 0.25) is 5.91 Å². The van der Waals surface area contributed by atoms with Crippen LogP contribution in [0.5, 0.6) is 0 Å². The van der Waals surface area contributed by atoms with Crippen molar-refractivity contribution in [2.24, 2.45) is 0 Å². The smallest absolute Gasteiger partial charge is 0.305 e. The Kier molecular flexibility index (Phi) is 51.6. The molecule has 0 aromatic rings. The first kappa shape index (κ1) is 61.8. The summed E-state index contributed by atoms with van der Waals surface area (Å²) >= 11 is 0. The van der Waals surface area contributed by atoms with E-state index < -0.39 is 12.1 Å². The molecule has 0 aliphatic rings. The molecule has 374 valence electrons. The number of hydrogen-bond acceptors (Lipinski definition) is 5. The molecule has 0 saturated heterocycles. The summed E-state index contributed by atoms with van der Waals surface area (Å²) in [6.07, 6.45) is 66.9. The number of aliphatic hydroxyl groups excluding tert-OH is 2. The lowest BCUT2D eigenvalue weighted by Crippen LogP contribution is -2.45. The van der Waals surface area contributed by atoms with Gasteiger partial charge in [0.25, 0.3) is 0 Å². The van der Waals surface area contributed by atoms with Crippen molar-refractivity contribution in [2.75, 3.05) is 13.2 Å². The molecule has 0 aliphatic heterocycles. The topological polar surface area (TPSA) is 95.9 Å². The second-order valence-corrected chi connectivity index (χ2v) is 18.9. The molecule has 0 aromatic heterocycles. The summed E-state index contributed by atoms with van der Waals surface area (Å²) in [5.41, 5.74) is 0. The predicted molar refractivity (Wildman–Crippen MR) is 278 cm³/mol. The quantitative estimate of drug-likeness (QED) is 0.0321. The Morgan fingerprint density at radius 1 is 0.438 bits per heavy atom. The number of nitrogens with one attached hydrogen (secondary N) is 1. The summed E-state index contributed by atoms with van der Waals surface area (Å²) in [7, 11) is 0. The molecular weight excluding hydrogens is 791 g/mol. The third kappa shape index (κ3) is 49.3. The van der Waals surface area contributed by atoms with Crippen LogP contribution < -0.4 is 5.32 Å². The van der Waals surface area contributed by atoms with E-state index in [1.165, 1.54) is 193 Å². The van der Waals surface area contributed by atoms with Gasteiger partial charge in [0.05, 0.1) is 25.4 Å². The van der Waals surface area contributed by atoms with Gasteiger partial charge in [-0.3, -0.25) is 9.59 Å². The summed E-state index contributed by atoms with van der Waals surface area (Å²) in [6, 6.07) is -0.637. The highest BCUT2D eigenvalue weighted by atomic mass is 16.5. The number of carbonyl (C=O) groups is 2. The first-order valence-corrected chi connectivity index (χ1v) is 27.9. The molecule has 0 aliphatic carbocycles. The van der Waals surface area contributed by atoms with Crippen LogP contribution in [0.2, 0.25) is 0 Å². The summed E-state index contributed by atoms with van der Waals surface area (Å²) in [5.74, 6) is -0.0928. The Bertz CT molecular complexity index is 1080. The van der Waals surface area contributed by atoms with Crippen molar-refractivity contribution in [3.05, 3.63) is 48.6 Å². The zero-order valence-corrected chi connectivity index (χ0v) is 42.5. The van der Waals surface area contributed by atoms with Crippen LogP contribution in [-0.4, -0.2) is 47.4 Å². The van der Waals surface area contributed by atoms with E-state index in [9.17, 15) is 19.8 Å². The summed E-state index contributed by atoms with van der Waals surface area (Å²) in [5, 5.41) is 23.0. The standard InChI is InChI=1S/C58H107NO5/c1-3-5-7-9-11-13-15-17-18-19-22-25-28-32-36-40-44-48-52-58(63)64-53-49-45-41-37-33-29-26-23-20-21-24-27-31-35-39-43-47-51-57(62)59-55(54-60)56(61)50-46-42-38-34-30-16-14-12-10-8-6-4-2/h13,15,18-20,23,46,50,55-56,60-61H,3-12,14,16-17,21-22,24-45,47-49,51-54H2,1-2H3,(H,59,62)/b15-13-,19-18-,23-20-,50-46+. The Balaban J connectivity index is 3.47. The third-order valence-electron chi connectivity index (χ3n) is 12.6. The van der Waals surface area contributed by atoms with Gasteiger partial charge in [-0.05, 0) is 89.9 Å². The molecule has 2 atom stereocenters. The number of hydrogen-bond donors (Lipinski definition) is 3. The highest BCUT2D eigenvalue weighted by molar-refractivity contribution is 5.76. The van der Waals surface area contributed by atoms with Gasteiger partial charge in [0.15, 0.2) is 0 Å². The van der Waals surface area contributed by atoms with E-state index in [-0.39, 0.29) is 18.5 Å². The van der Waals surface area contributed by atoms with Gasteiger partial charge in [-0.25, -0.2) is 0 Å². The highest BCUT2D eigenvalue weighted by Gasteiger charge is 2.18. The minimum Gasteiger partial charge on any atom is -0.466 e. The molecule has 1 amide bonds. The number of allylic oxidation sites excluding steroid dienone is 7. The third-order valence-corrected chi connectivity index (χ3v) is 12.6. The minimum atomic E-state index is -0.852. The molecule has 0 bridgehead atoms. The highest BCUT2D eigenvalue weighted by Crippen LogP contribution is 2.15. The van der Waals surface area contributed by atoms with E-state index in [0.717, 1.165) is 64.2 Å². The molecule has 0 fully saturated rings. The molecule has 6 heteroatoms. The SMILES string of the molecule is CCCCCC/C=C\C/C=C\CCCCCCCCCC(=O)OCCCCCCCC/C=C\CCCCCCCCCC(=O)NC(CO)C(O)/C=C/CCCCCCCCCCCC. The van der Waals surface area contributed by atoms with Crippen molar-refractivity contribution >= 4 is 11.9 Å². The maximum absolute atomic E-state index is 12.4. The molecule has 64 heavy (non-hydrogen) atoms. The second kappa shape index (κ2) is 53.4. The first-order valence-electron chi connectivity index (χ1n) is 27.9. The fraction of sp³-hybridized carbons (Fsp3) is 0.828. The van der Waals surface area contributed by atoms with Crippen LogP contribution in [0, 0.1) is 0 Å². The summed E-state index contributed by atoms with van der Waals surface area (Å²) < 4.78 is 5.47. The minimum absolute atomic E-state index is 0.0108. The number of unbranched alkanes of at least 4 members (excludes halogenated alkanes) is 34. The fourth-order valence-corrected chi connectivity index (χ4v) is 8.25. The van der Waals surface area contributed by atoms with Crippen molar-refractivity contribution in [3.8, 4) is 0 Å². The molecule has 3 N–H and O–H groups in total. The fourth-order valence-electron chi connectivity index (χ4n) is 8.25. The van der Waals surface area contributed by atoms with E-state index in [4.69, 9.17) is 4.74 Å². The Morgan fingerprint density at radius 2 is 0.781 bits per heavy atom. The molecule has 0 radical (unpaired) electrons. The monoisotopic (exact) mass is 898 g/mol. The number of aliphatic hydroxyl groups is 2. The molecule has 0 rings (SSSR count). The maximum Gasteiger partial charge on any atom is 0.305 e. The molecule has 0 spiro atoms. The van der Waals surface area contributed by atoms with Gasteiger partial charge in [-0.2, -0.15) is 0 Å². The predicted octanol–water partition coefficient (Wildman–Crippen LogP) is 17.0. The van der Waals surface area contributed by atoms with Crippen LogP contribution in [0.4, 0.5) is 0 Å². The van der Waals surface area contributed by atoms with Gasteiger partial charge < -0.3 is 20.3 Å². The van der Waals surface area contributed by atoms with Crippen molar-refractivity contribution < 1.29 is 24.5 Å². The molecule has 0 heterocycles. The average molecular weight is 898 g/mol. The Hall–Kier alpha value is -2.18. The summed E-state index contributed by atoms with van der Waals surface area (Å²) in [4.78, 5) is 24.5. The van der Waals surface area contributed by atoms with Crippen LogP contribution in [0.3, 0.4) is 0 Å². The molecule has 6 nitrogen and oxygen atoms in total. The Labute approximate surface area is 397 Å². The van der Waals surface area contributed by atoms with E-state index in [0.29, 0.717) is 19.4 Å². The van der Waals surface area contributed by atoms with Gasteiger partial charge in [0, 0.05) is 12.8 Å². The second-order valence-electron chi connectivity index (χ2n) is 18.9. The maximum atomic E-state index is 12.4. The number of rotatable bonds is 51. The molecule has 2 unspecified atom stereocenters. The number of ether oxygens (including phenoxy) is 1. The van der Waals surface area contributed by atoms with Crippen LogP contribution in [-0.2, 0) is 14.3 Å². The Morgan fingerprint density at radius 3 is 1.22 bits per heavy atom. The van der Waals surface area contributed by atoms with Crippen molar-refractivity contribution in [2.45, 2.75) is 296 Å². The van der Waals surface area contributed by atoms with Crippen molar-refractivity contribution in [3.63, 3.8) is 0 Å². The van der Waals surface area contributed by atoms with E-state index in [1.807, 2.05) is 6.08 Å². The van der Waals surface area contributed by atoms with Crippen LogP contribution >= 0.6 is 0 Å². The van der Waals surface area contributed by atoms with E-state index in [1.54, 1.807) is 6.08 Å². The zero-order chi connectivity index (χ0) is 46.5. The van der Waals surface area contributed by atoms with E-state index >= 15 is 0 Å². The van der Waals surface area contributed by atoms with Crippen LogP contribution in [0.25, 0.3) is 0 Å². The van der Waals surface area contributed by atoms with E-state index in [2.05, 4.69) is 55.6 Å². The van der Waals surface area contributed by atoms with Gasteiger partial charge in [-0.15, -0.1) is 0 Å². The number of esters is 1. The summed E-state index contributed by atoms with van der Waals surface area (Å²) in [6.45, 7) is 4.85. The lowest BCUT2D eigenvalue weighted by atomic mass is 10.1. The van der Waals surface area contributed by atoms with Gasteiger partial charge >= 0.3 is 5.97 Å². The largest absolute Gasteiger partial charge is 0.466 e. The lowest BCUT2D eigenvalue weighted by Gasteiger charge is -2.20. The van der Waals surface area contributed by atoms with Crippen LogP contribution in [0.15, 0.2) is 48.6 Å². The lowest BCUT2D eigenvalue weighted by molar-refractivity contribution is -0.143. The number of amides is 1. The first-order chi connectivity index (χ1) is 31.5. The molecule has 0 saturated carbocycles. The normalized spacial score (nSPS) is 13.0. The van der Waals surface area contributed by atoms with Gasteiger partial charge in [0.1, 0.15) is 0 Å².